The van der Waals surface area contributed by atoms with Crippen LogP contribution in [0.15, 0.2) is 27.2 Å². The van der Waals surface area contributed by atoms with Gasteiger partial charge in [-0.2, -0.15) is 0 Å². The zero-order chi connectivity index (χ0) is 14.8. The van der Waals surface area contributed by atoms with Crippen LogP contribution in [0.5, 0.6) is 0 Å². The summed E-state index contributed by atoms with van der Waals surface area (Å²) in [5.74, 6) is 0. The zero-order valence-electron chi connectivity index (χ0n) is 12.2. The minimum atomic E-state index is -0.124. The Hall–Kier alpha value is -1.60. The van der Waals surface area contributed by atoms with E-state index in [4.69, 9.17) is 0 Å². The number of hydrogen-bond donors (Lipinski definition) is 2. The first-order valence-electron chi connectivity index (χ1n) is 7.20. The SMILES string of the molecule is CCNCc1cnc(Sc2n[nH]c(=O)n2C2CC2)c(C)c1. The number of hydrogen-bond acceptors (Lipinski definition) is 5. The largest absolute Gasteiger partial charge is 0.344 e. The molecule has 6 nitrogen and oxygen atoms in total. The smallest absolute Gasteiger partial charge is 0.313 e. The molecule has 0 spiro atoms. The maximum absolute atomic E-state index is 11.8. The van der Waals surface area contributed by atoms with Crippen molar-refractivity contribution in [1.29, 1.82) is 0 Å². The van der Waals surface area contributed by atoms with Crippen LogP contribution in [0, 0.1) is 6.92 Å². The summed E-state index contributed by atoms with van der Waals surface area (Å²) >= 11 is 1.45. The van der Waals surface area contributed by atoms with Gasteiger partial charge < -0.3 is 5.32 Å². The summed E-state index contributed by atoms with van der Waals surface area (Å²) in [5.41, 5.74) is 2.15. The van der Waals surface area contributed by atoms with E-state index in [1.165, 1.54) is 17.3 Å². The van der Waals surface area contributed by atoms with Gasteiger partial charge in [-0.25, -0.2) is 14.9 Å². The second-order valence-electron chi connectivity index (χ2n) is 5.26. The molecule has 2 heterocycles. The molecule has 0 unspecified atom stereocenters. The molecule has 0 radical (unpaired) electrons. The van der Waals surface area contributed by atoms with Gasteiger partial charge >= 0.3 is 5.69 Å². The predicted molar refractivity (Wildman–Crippen MR) is 81.6 cm³/mol. The molecule has 0 amide bonds. The van der Waals surface area contributed by atoms with Crippen molar-refractivity contribution < 1.29 is 0 Å². The molecule has 112 valence electrons. The van der Waals surface area contributed by atoms with Crippen LogP contribution in [0.3, 0.4) is 0 Å². The molecular weight excluding hydrogens is 286 g/mol. The zero-order valence-corrected chi connectivity index (χ0v) is 13.0. The van der Waals surface area contributed by atoms with E-state index in [9.17, 15) is 4.79 Å². The van der Waals surface area contributed by atoms with Crippen molar-refractivity contribution in [3.63, 3.8) is 0 Å². The molecular formula is C14H19N5OS. The topological polar surface area (TPSA) is 75.6 Å². The number of aromatic amines is 1. The summed E-state index contributed by atoms with van der Waals surface area (Å²) in [4.78, 5) is 16.3. The molecule has 2 aromatic rings. The standard InChI is InChI=1S/C14H19N5OS/c1-3-15-7-10-6-9(2)12(16-8-10)21-14-18-17-13(20)19(14)11-4-5-11/h6,8,11,15H,3-5,7H2,1-2H3,(H,17,20). The summed E-state index contributed by atoms with van der Waals surface area (Å²) in [6.45, 7) is 5.89. The molecule has 7 heteroatoms. The van der Waals surface area contributed by atoms with Crippen LogP contribution in [-0.4, -0.2) is 26.3 Å². The van der Waals surface area contributed by atoms with Gasteiger partial charge in [0, 0.05) is 18.8 Å². The minimum Gasteiger partial charge on any atom is -0.313 e. The summed E-state index contributed by atoms with van der Waals surface area (Å²) in [5, 5.41) is 11.6. The molecule has 1 fully saturated rings. The van der Waals surface area contributed by atoms with Gasteiger partial charge in [0.15, 0.2) is 5.16 Å². The minimum absolute atomic E-state index is 0.124. The Balaban J connectivity index is 1.80. The highest BCUT2D eigenvalue weighted by atomic mass is 32.2. The van der Waals surface area contributed by atoms with Crippen molar-refractivity contribution in [3.8, 4) is 0 Å². The first kappa shape index (κ1) is 14.3. The van der Waals surface area contributed by atoms with Crippen LogP contribution in [0.25, 0.3) is 0 Å². The third kappa shape index (κ3) is 3.19. The average molecular weight is 305 g/mol. The van der Waals surface area contributed by atoms with E-state index in [0.717, 1.165) is 36.5 Å². The van der Waals surface area contributed by atoms with Crippen molar-refractivity contribution in [1.82, 2.24) is 25.1 Å². The van der Waals surface area contributed by atoms with Gasteiger partial charge in [-0.05, 0) is 49.2 Å². The summed E-state index contributed by atoms with van der Waals surface area (Å²) in [6, 6.07) is 2.44. The number of nitrogens with zero attached hydrogens (tertiary/aromatic N) is 3. The van der Waals surface area contributed by atoms with Crippen LogP contribution in [-0.2, 0) is 6.54 Å². The van der Waals surface area contributed by atoms with E-state index >= 15 is 0 Å². The molecule has 21 heavy (non-hydrogen) atoms. The Morgan fingerprint density at radius 3 is 3.00 bits per heavy atom. The molecule has 1 saturated carbocycles. The fourth-order valence-electron chi connectivity index (χ4n) is 2.20. The third-order valence-electron chi connectivity index (χ3n) is 3.44. The van der Waals surface area contributed by atoms with Crippen molar-refractivity contribution in [3.05, 3.63) is 33.9 Å². The fourth-order valence-corrected chi connectivity index (χ4v) is 3.12. The van der Waals surface area contributed by atoms with Crippen LogP contribution in [0.2, 0.25) is 0 Å². The summed E-state index contributed by atoms with van der Waals surface area (Å²) in [6.07, 6.45) is 3.99. The highest BCUT2D eigenvalue weighted by molar-refractivity contribution is 7.99. The van der Waals surface area contributed by atoms with Crippen molar-refractivity contribution in [2.75, 3.05) is 6.54 Å². The van der Waals surface area contributed by atoms with Crippen LogP contribution in [0.4, 0.5) is 0 Å². The van der Waals surface area contributed by atoms with Gasteiger partial charge in [0.2, 0.25) is 0 Å². The van der Waals surface area contributed by atoms with E-state index < -0.39 is 0 Å². The maximum atomic E-state index is 11.8. The van der Waals surface area contributed by atoms with Gasteiger partial charge in [-0.1, -0.05) is 13.0 Å². The van der Waals surface area contributed by atoms with Crippen molar-refractivity contribution in [2.24, 2.45) is 0 Å². The molecule has 1 aliphatic carbocycles. The summed E-state index contributed by atoms with van der Waals surface area (Å²) < 4.78 is 1.75. The molecule has 0 bridgehead atoms. The predicted octanol–water partition coefficient (Wildman–Crippen LogP) is 1.87. The Labute approximate surface area is 127 Å². The van der Waals surface area contributed by atoms with Gasteiger partial charge in [0.25, 0.3) is 0 Å². The molecule has 0 aliphatic heterocycles. The highest BCUT2D eigenvalue weighted by Gasteiger charge is 2.29. The number of aryl methyl sites for hydroxylation is 1. The van der Waals surface area contributed by atoms with Gasteiger partial charge in [0.1, 0.15) is 5.03 Å². The van der Waals surface area contributed by atoms with Crippen LogP contribution < -0.4 is 11.0 Å². The second-order valence-corrected chi connectivity index (χ2v) is 6.22. The molecule has 0 atom stereocenters. The normalized spacial score (nSPS) is 14.6. The van der Waals surface area contributed by atoms with Crippen molar-refractivity contribution >= 4 is 11.8 Å². The lowest BCUT2D eigenvalue weighted by Gasteiger charge is -2.08. The Bertz CT molecular complexity index is 689. The number of rotatable bonds is 6. The maximum Gasteiger partial charge on any atom is 0.344 e. The van der Waals surface area contributed by atoms with Gasteiger partial charge in [0.05, 0.1) is 0 Å². The van der Waals surface area contributed by atoms with Crippen molar-refractivity contribution in [2.45, 2.75) is 49.5 Å². The Morgan fingerprint density at radius 2 is 2.33 bits per heavy atom. The number of aromatic nitrogens is 4. The van der Waals surface area contributed by atoms with Crippen LogP contribution in [0.1, 0.15) is 36.9 Å². The lowest BCUT2D eigenvalue weighted by molar-refractivity contribution is 0.642. The van der Waals surface area contributed by atoms with E-state index in [0.29, 0.717) is 11.2 Å². The lowest BCUT2D eigenvalue weighted by atomic mass is 10.2. The number of H-pyrrole nitrogens is 1. The second kappa shape index (κ2) is 6.03. The van der Waals surface area contributed by atoms with E-state index in [1.54, 1.807) is 4.57 Å². The fraction of sp³-hybridized carbons (Fsp3) is 0.500. The van der Waals surface area contributed by atoms with E-state index in [1.807, 2.05) is 13.1 Å². The molecule has 2 N–H and O–H groups in total. The average Bonchev–Trinajstić information content (AvgIpc) is 3.24. The molecule has 1 aliphatic rings. The molecule has 0 aromatic carbocycles. The van der Waals surface area contributed by atoms with Crippen LogP contribution >= 0.6 is 11.8 Å². The Kier molecular flexibility index (Phi) is 4.12. The van der Waals surface area contributed by atoms with Gasteiger partial charge in [-0.3, -0.25) is 4.57 Å². The quantitative estimate of drug-likeness (QED) is 0.852. The molecule has 3 rings (SSSR count). The number of pyridine rings is 1. The lowest BCUT2D eigenvalue weighted by Crippen LogP contribution is -2.16. The third-order valence-corrected chi connectivity index (χ3v) is 4.53. The van der Waals surface area contributed by atoms with E-state index in [2.05, 4.69) is 33.5 Å². The molecule has 2 aromatic heterocycles. The highest BCUT2D eigenvalue weighted by Crippen LogP contribution is 2.37. The summed E-state index contributed by atoms with van der Waals surface area (Å²) in [7, 11) is 0. The Morgan fingerprint density at radius 1 is 1.52 bits per heavy atom. The number of nitrogens with one attached hydrogen (secondary N) is 2. The first-order chi connectivity index (χ1) is 10.2. The first-order valence-corrected chi connectivity index (χ1v) is 8.01. The monoisotopic (exact) mass is 305 g/mol. The van der Waals surface area contributed by atoms with Gasteiger partial charge in [-0.15, -0.1) is 5.10 Å². The van der Waals surface area contributed by atoms with E-state index in [-0.39, 0.29) is 5.69 Å². The molecule has 0 saturated heterocycles.